The third-order valence-corrected chi connectivity index (χ3v) is 4.83. The number of piperazine rings is 1. The summed E-state index contributed by atoms with van der Waals surface area (Å²) in [5, 5.41) is 3.19. The second-order valence-electron chi connectivity index (χ2n) is 6.74. The summed E-state index contributed by atoms with van der Waals surface area (Å²) in [6, 6.07) is 18.4. The molecule has 5 nitrogen and oxygen atoms in total. The van der Waals surface area contributed by atoms with E-state index in [0.717, 1.165) is 63.6 Å². The van der Waals surface area contributed by atoms with Gasteiger partial charge in [-0.25, -0.2) is 0 Å². The molecular formula is C21H28N4OS. The van der Waals surface area contributed by atoms with Gasteiger partial charge in [0.15, 0.2) is 5.11 Å². The number of benzene rings is 2. The van der Waals surface area contributed by atoms with Crippen molar-refractivity contribution in [3.8, 4) is 5.75 Å². The summed E-state index contributed by atoms with van der Waals surface area (Å²) in [6.45, 7) is 6.31. The monoisotopic (exact) mass is 384 g/mol. The van der Waals surface area contributed by atoms with Crippen molar-refractivity contribution in [3.63, 3.8) is 0 Å². The minimum atomic E-state index is 0.263. The van der Waals surface area contributed by atoms with Crippen molar-refractivity contribution in [2.75, 3.05) is 49.5 Å². The Balaban J connectivity index is 1.30. The predicted molar refractivity (Wildman–Crippen MR) is 117 cm³/mol. The molecule has 0 bridgehead atoms. The van der Waals surface area contributed by atoms with Gasteiger partial charge < -0.3 is 20.7 Å². The van der Waals surface area contributed by atoms with Crippen LogP contribution in [0.15, 0.2) is 54.6 Å². The quantitative estimate of drug-likeness (QED) is 0.538. The lowest BCUT2D eigenvalue weighted by Crippen LogP contribution is -2.46. The fourth-order valence-electron chi connectivity index (χ4n) is 3.30. The molecule has 1 saturated heterocycles. The minimum Gasteiger partial charge on any atom is -0.494 e. The van der Waals surface area contributed by atoms with Gasteiger partial charge in [0.1, 0.15) is 5.75 Å². The summed E-state index contributed by atoms with van der Waals surface area (Å²) in [7, 11) is 0. The summed E-state index contributed by atoms with van der Waals surface area (Å²) < 4.78 is 5.84. The fourth-order valence-corrected chi connectivity index (χ4v) is 3.42. The molecule has 3 rings (SSSR count). The first-order valence-corrected chi connectivity index (χ1v) is 9.93. The van der Waals surface area contributed by atoms with Crippen molar-refractivity contribution in [3.05, 3.63) is 54.6 Å². The average molecular weight is 385 g/mol. The molecule has 0 radical (unpaired) electrons. The van der Waals surface area contributed by atoms with Crippen LogP contribution in [0.25, 0.3) is 0 Å². The van der Waals surface area contributed by atoms with E-state index in [2.05, 4.69) is 45.4 Å². The van der Waals surface area contributed by atoms with Gasteiger partial charge in [0.25, 0.3) is 0 Å². The summed E-state index contributed by atoms with van der Waals surface area (Å²) in [4.78, 5) is 5.01. The van der Waals surface area contributed by atoms with E-state index in [-0.39, 0.29) is 5.11 Å². The first-order chi connectivity index (χ1) is 13.2. The molecule has 1 heterocycles. The molecule has 1 fully saturated rings. The lowest BCUT2D eigenvalue weighted by Gasteiger charge is -2.36. The lowest BCUT2D eigenvalue weighted by molar-refractivity contribution is 0.238. The summed E-state index contributed by atoms with van der Waals surface area (Å²) in [6.07, 6.45) is 2.20. The highest BCUT2D eigenvalue weighted by Gasteiger charge is 2.16. The summed E-state index contributed by atoms with van der Waals surface area (Å²) in [5.74, 6) is 0.840. The van der Waals surface area contributed by atoms with Crippen molar-refractivity contribution in [2.45, 2.75) is 12.8 Å². The van der Waals surface area contributed by atoms with Gasteiger partial charge in [0, 0.05) is 43.6 Å². The second kappa shape index (κ2) is 10.1. The molecule has 2 aromatic carbocycles. The molecule has 2 aromatic rings. The average Bonchev–Trinajstić information content (AvgIpc) is 2.69. The Morgan fingerprint density at radius 2 is 1.78 bits per heavy atom. The number of thiocarbonyl (C=S) groups is 1. The summed E-state index contributed by atoms with van der Waals surface area (Å²) in [5.41, 5.74) is 7.69. The molecule has 27 heavy (non-hydrogen) atoms. The highest BCUT2D eigenvalue weighted by Crippen LogP contribution is 2.18. The predicted octanol–water partition coefficient (Wildman–Crippen LogP) is 3.32. The van der Waals surface area contributed by atoms with E-state index < -0.39 is 0 Å². The minimum absolute atomic E-state index is 0.263. The highest BCUT2D eigenvalue weighted by molar-refractivity contribution is 7.80. The summed E-state index contributed by atoms with van der Waals surface area (Å²) >= 11 is 4.86. The maximum absolute atomic E-state index is 5.84. The van der Waals surface area contributed by atoms with E-state index in [4.69, 9.17) is 22.7 Å². The van der Waals surface area contributed by atoms with Crippen molar-refractivity contribution < 1.29 is 4.74 Å². The van der Waals surface area contributed by atoms with Gasteiger partial charge in [-0.05, 0) is 55.9 Å². The molecule has 0 spiro atoms. The van der Waals surface area contributed by atoms with Crippen molar-refractivity contribution >= 4 is 28.7 Å². The molecule has 0 atom stereocenters. The Kier molecular flexibility index (Phi) is 7.30. The van der Waals surface area contributed by atoms with Crippen molar-refractivity contribution in [1.29, 1.82) is 0 Å². The molecule has 0 saturated carbocycles. The Morgan fingerprint density at radius 1 is 1.00 bits per heavy atom. The second-order valence-corrected chi connectivity index (χ2v) is 7.18. The molecule has 144 valence electrons. The highest BCUT2D eigenvalue weighted by atomic mass is 32.1. The number of anilines is 2. The van der Waals surface area contributed by atoms with E-state index in [0.29, 0.717) is 0 Å². The number of nitrogens with two attached hydrogens (primary N) is 1. The molecule has 3 N–H and O–H groups in total. The molecule has 6 heteroatoms. The van der Waals surface area contributed by atoms with Crippen LogP contribution in [0.5, 0.6) is 5.75 Å². The van der Waals surface area contributed by atoms with Gasteiger partial charge in [-0.15, -0.1) is 0 Å². The van der Waals surface area contributed by atoms with E-state index in [1.165, 1.54) is 5.69 Å². The van der Waals surface area contributed by atoms with Crippen molar-refractivity contribution in [1.82, 2.24) is 4.90 Å². The van der Waals surface area contributed by atoms with Gasteiger partial charge in [-0.3, -0.25) is 4.90 Å². The number of hydrogen-bond acceptors (Lipinski definition) is 4. The zero-order valence-electron chi connectivity index (χ0n) is 15.6. The lowest BCUT2D eigenvalue weighted by atomic mass is 10.2. The maximum atomic E-state index is 5.84. The van der Waals surface area contributed by atoms with Crippen LogP contribution in [-0.2, 0) is 0 Å². The number of nitrogens with one attached hydrogen (secondary N) is 1. The smallest absolute Gasteiger partial charge is 0.168 e. The number of rotatable bonds is 8. The van der Waals surface area contributed by atoms with Gasteiger partial charge in [0.2, 0.25) is 0 Å². The zero-order valence-corrected chi connectivity index (χ0v) is 16.5. The Morgan fingerprint density at radius 3 is 2.52 bits per heavy atom. The number of para-hydroxylation sites is 1. The van der Waals surface area contributed by atoms with Crippen LogP contribution in [0.3, 0.4) is 0 Å². The number of nitrogens with zero attached hydrogens (tertiary/aromatic N) is 2. The molecular weight excluding hydrogens is 356 g/mol. The third-order valence-electron chi connectivity index (χ3n) is 4.73. The molecule has 1 aliphatic heterocycles. The van der Waals surface area contributed by atoms with Gasteiger partial charge >= 0.3 is 0 Å². The first kappa shape index (κ1) is 19.5. The van der Waals surface area contributed by atoms with E-state index >= 15 is 0 Å². The van der Waals surface area contributed by atoms with Crippen molar-refractivity contribution in [2.24, 2.45) is 5.73 Å². The van der Waals surface area contributed by atoms with Crippen LogP contribution in [-0.4, -0.2) is 49.3 Å². The van der Waals surface area contributed by atoms with Crippen LogP contribution >= 0.6 is 12.2 Å². The number of unbranched alkanes of at least 4 members (excludes halogenated alkanes) is 1. The molecule has 0 aromatic heterocycles. The largest absolute Gasteiger partial charge is 0.494 e. The van der Waals surface area contributed by atoms with Crippen LogP contribution in [0.2, 0.25) is 0 Å². The Bertz CT molecular complexity index is 717. The SMILES string of the molecule is NC(=S)Nc1cccc(OCCCCN2CCN(c3ccccc3)CC2)c1. The first-order valence-electron chi connectivity index (χ1n) is 9.52. The normalized spacial score (nSPS) is 14.7. The molecule has 1 aliphatic rings. The molecule has 0 aliphatic carbocycles. The maximum Gasteiger partial charge on any atom is 0.168 e. The standard InChI is InChI=1S/C21H28N4OS/c22-21(27)23-18-7-6-10-20(17-18)26-16-5-4-11-24-12-14-25(15-13-24)19-8-2-1-3-9-19/h1-3,6-10,17H,4-5,11-16H2,(H3,22,23,27). The van der Waals surface area contributed by atoms with Crippen LogP contribution < -0.4 is 20.7 Å². The third kappa shape index (κ3) is 6.41. The van der Waals surface area contributed by atoms with Crippen LogP contribution in [0.4, 0.5) is 11.4 Å². The number of ether oxygens (including phenoxy) is 1. The number of hydrogen-bond donors (Lipinski definition) is 2. The molecule has 0 unspecified atom stereocenters. The van der Waals surface area contributed by atoms with Gasteiger partial charge in [0.05, 0.1) is 6.61 Å². The van der Waals surface area contributed by atoms with Gasteiger partial charge in [-0.2, -0.15) is 0 Å². The van der Waals surface area contributed by atoms with E-state index in [1.54, 1.807) is 0 Å². The molecule has 0 amide bonds. The van der Waals surface area contributed by atoms with E-state index in [9.17, 15) is 0 Å². The zero-order chi connectivity index (χ0) is 18.9. The van der Waals surface area contributed by atoms with E-state index in [1.807, 2.05) is 24.3 Å². The Labute approximate surface area is 167 Å². The van der Waals surface area contributed by atoms with Crippen LogP contribution in [0, 0.1) is 0 Å². The Hall–Kier alpha value is -2.31. The van der Waals surface area contributed by atoms with Crippen LogP contribution in [0.1, 0.15) is 12.8 Å². The van der Waals surface area contributed by atoms with Gasteiger partial charge in [-0.1, -0.05) is 24.3 Å². The fraction of sp³-hybridized carbons (Fsp3) is 0.381. The topological polar surface area (TPSA) is 53.8 Å².